The molecule has 1 heterocycles. The Morgan fingerprint density at radius 2 is 1.84 bits per heavy atom. The van der Waals surface area contributed by atoms with E-state index in [-0.39, 0.29) is 19.4 Å². The molecule has 176 valence electrons. The number of hydrogen-bond donors (Lipinski definition) is 3. The summed E-state index contributed by atoms with van der Waals surface area (Å²) < 4.78 is 69.6. The van der Waals surface area contributed by atoms with Crippen molar-refractivity contribution in [1.82, 2.24) is 16.0 Å². The zero-order valence-electron chi connectivity index (χ0n) is 17.4. The van der Waals surface area contributed by atoms with E-state index in [1.54, 1.807) is 6.92 Å². The molecule has 2 atom stereocenters. The fourth-order valence-electron chi connectivity index (χ4n) is 4.46. The van der Waals surface area contributed by atoms with Crippen molar-refractivity contribution >= 4 is 17.8 Å². The van der Waals surface area contributed by atoms with Gasteiger partial charge in [0.1, 0.15) is 11.6 Å². The average Bonchev–Trinajstić information content (AvgIpc) is 3.12. The number of alkyl halides is 3. The molecule has 32 heavy (non-hydrogen) atoms. The third-order valence-electron chi connectivity index (χ3n) is 6.30. The summed E-state index contributed by atoms with van der Waals surface area (Å²) in [6.45, 7) is 1.54. The van der Waals surface area contributed by atoms with Crippen LogP contribution in [0.4, 0.5) is 26.7 Å². The molecule has 1 unspecified atom stereocenters. The van der Waals surface area contributed by atoms with Crippen LogP contribution >= 0.6 is 0 Å². The van der Waals surface area contributed by atoms with Gasteiger partial charge in [-0.3, -0.25) is 14.9 Å². The number of carbonyl (C=O) groups is 3. The molecule has 1 saturated heterocycles. The van der Waals surface area contributed by atoms with E-state index in [9.17, 15) is 36.3 Å². The van der Waals surface area contributed by atoms with Gasteiger partial charge in [0.15, 0.2) is 0 Å². The molecule has 3 N–H and O–H groups in total. The molecule has 3 rings (SSSR count). The van der Waals surface area contributed by atoms with Crippen molar-refractivity contribution < 1.29 is 36.3 Å². The number of urea groups is 1. The molecule has 4 amide bonds. The van der Waals surface area contributed by atoms with Crippen molar-refractivity contribution in [3.05, 3.63) is 34.9 Å². The van der Waals surface area contributed by atoms with Crippen molar-refractivity contribution in [2.75, 3.05) is 6.54 Å². The predicted octanol–water partition coefficient (Wildman–Crippen LogP) is 3.96. The quantitative estimate of drug-likeness (QED) is 0.594. The van der Waals surface area contributed by atoms with Crippen molar-refractivity contribution in [1.29, 1.82) is 0 Å². The molecule has 2 aliphatic rings. The number of imide groups is 1. The number of nitrogens with one attached hydrogen (secondary N) is 3. The van der Waals surface area contributed by atoms with Gasteiger partial charge < -0.3 is 10.6 Å². The second-order valence-corrected chi connectivity index (χ2v) is 8.62. The van der Waals surface area contributed by atoms with E-state index in [1.165, 1.54) is 0 Å². The Morgan fingerprint density at radius 1 is 1.19 bits per heavy atom. The first-order valence-electron chi connectivity index (χ1n) is 10.4. The van der Waals surface area contributed by atoms with Crippen LogP contribution in [0.3, 0.4) is 0 Å². The van der Waals surface area contributed by atoms with Crippen molar-refractivity contribution in [3.63, 3.8) is 0 Å². The first-order chi connectivity index (χ1) is 14.9. The third kappa shape index (κ3) is 5.02. The minimum Gasteiger partial charge on any atom is -0.348 e. The second-order valence-electron chi connectivity index (χ2n) is 8.62. The number of benzene rings is 1. The molecule has 1 aromatic rings. The zero-order chi connectivity index (χ0) is 23.7. The van der Waals surface area contributed by atoms with Crippen LogP contribution in [0.1, 0.15) is 62.6 Å². The molecule has 1 aromatic carbocycles. The van der Waals surface area contributed by atoms with E-state index < -0.39 is 64.2 Å². The van der Waals surface area contributed by atoms with E-state index in [0.29, 0.717) is 37.8 Å². The van der Waals surface area contributed by atoms with E-state index >= 15 is 0 Å². The fraction of sp³-hybridized carbons (Fsp3) is 0.571. The molecule has 0 bridgehead atoms. The largest absolute Gasteiger partial charge is 0.419 e. The molecule has 6 nitrogen and oxygen atoms in total. The smallest absolute Gasteiger partial charge is 0.348 e. The summed E-state index contributed by atoms with van der Waals surface area (Å²) in [5.74, 6) is -5.11. The van der Waals surface area contributed by atoms with Gasteiger partial charge in [0.25, 0.3) is 0 Å². The van der Waals surface area contributed by atoms with E-state index in [4.69, 9.17) is 0 Å². The van der Waals surface area contributed by atoms with Crippen molar-refractivity contribution in [2.24, 2.45) is 11.3 Å². The Labute approximate surface area is 181 Å². The summed E-state index contributed by atoms with van der Waals surface area (Å²) >= 11 is 0. The van der Waals surface area contributed by atoms with Crippen molar-refractivity contribution in [2.45, 2.75) is 57.7 Å². The Kier molecular flexibility index (Phi) is 6.75. The van der Waals surface area contributed by atoms with Gasteiger partial charge >= 0.3 is 12.2 Å². The lowest BCUT2D eigenvalue weighted by molar-refractivity contribution is -0.140. The van der Waals surface area contributed by atoms with Gasteiger partial charge in [-0.2, -0.15) is 13.2 Å². The van der Waals surface area contributed by atoms with E-state index in [1.807, 2.05) is 0 Å². The molecule has 1 aliphatic carbocycles. The minimum atomic E-state index is -5.03. The van der Waals surface area contributed by atoms with Gasteiger partial charge in [-0.15, -0.1) is 0 Å². The van der Waals surface area contributed by atoms with E-state index in [0.717, 1.165) is 0 Å². The topological polar surface area (TPSA) is 87.3 Å². The third-order valence-corrected chi connectivity index (χ3v) is 6.30. The monoisotopic (exact) mass is 461 g/mol. The minimum absolute atomic E-state index is 0.0505. The fourth-order valence-corrected chi connectivity index (χ4v) is 4.46. The van der Waals surface area contributed by atoms with Crippen LogP contribution in [0, 0.1) is 23.0 Å². The lowest BCUT2D eigenvalue weighted by Crippen LogP contribution is -2.49. The molecule has 2 fully saturated rings. The van der Waals surface area contributed by atoms with Crippen LogP contribution in [0.15, 0.2) is 12.1 Å². The standard InChI is InChI=1S/C21H24F5N3O3/c1-20(8-2-3-9-20)17(15-13(22)6-5-12(16(15)23)21(24,25)26)29-18(31)11-4-7-14(30)28-19(32)27-10-11/h5-6,11,17H,2-4,7-10H2,1H3,(H,29,31)(H2,27,28,30,32)/t11-,17?/m0/s1. The van der Waals surface area contributed by atoms with Crippen LogP contribution in [0.25, 0.3) is 0 Å². The van der Waals surface area contributed by atoms with Gasteiger partial charge in [-0.25, -0.2) is 13.6 Å². The lowest BCUT2D eigenvalue weighted by Gasteiger charge is -2.37. The first kappa shape index (κ1) is 23.9. The summed E-state index contributed by atoms with van der Waals surface area (Å²) in [6, 6.07) is -1.23. The Bertz CT molecular complexity index is 895. The SMILES string of the molecule is CC1(C(NC(=O)[C@H]2CCC(=O)NC(=O)NC2)c2c(F)ccc(C(F)(F)F)c2F)CCCC1. The first-order valence-corrected chi connectivity index (χ1v) is 10.4. The average molecular weight is 461 g/mol. The predicted molar refractivity (Wildman–Crippen MR) is 103 cm³/mol. The molecule has 0 radical (unpaired) electrons. The normalized spacial score (nSPS) is 22.4. The summed E-state index contributed by atoms with van der Waals surface area (Å²) in [7, 11) is 0. The highest BCUT2D eigenvalue weighted by molar-refractivity contribution is 5.95. The van der Waals surface area contributed by atoms with E-state index in [2.05, 4.69) is 16.0 Å². The van der Waals surface area contributed by atoms with Crippen LogP contribution in [0.5, 0.6) is 0 Å². The molecule has 11 heteroatoms. The molecule has 0 spiro atoms. The highest BCUT2D eigenvalue weighted by atomic mass is 19.4. The van der Waals surface area contributed by atoms with Gasteiger partial charge in [0.05, 0.1) is 17.5 Å². The van der Waals surface area contributed by atoms with Gasteiger partial charge in [-0.1, -0.05) is 19.8 Å². The molecule has 1 aliphatic heterocycles. The molecule has 1 saturated carbocycles. The maximum Gasteiger partial charge on any atom is 0.419 e. The Hall–Kier alpha value is -2.72. The summed E-state index contributed by atoms with van der Waals surface area (Å²) in [5.41, 5.74) is -3.31. The summed E-state index contributed by atoms with van der Waals surface area (Å²) in [6.07, 6.45) is -2.80. The Balaban J connectivity index is 1.97. The highest BCUT2D eigenvalue weighted by Gasteiger charge is 2.45. The lowest BCUT2D eigenvalue weighted by atomic mass is 9.76. The maximum atomic E-state index is 15.0. The Morgan fingerprint density at radius 3 is 2.47 bits per heavy atom. The van der Waals surface area contributed by atoms with Crippen LogP contribution in [0.2, 0.25) is 0 Å². The molecular formula is C21H24F5N3O3. The zero-order valence-corrected chi connectivity index (χ0v) is 17.4. The second kappa shape index (κ2) is 9.03. The van der Waals surface area contributed by atoms with Crippen LogP contribution < -0.4 is 16.0 Å². The molecule has 0 aromatic heterocycles. The van der Waals surface area contributed by atoms with Crippen molar-refractivity contribution in [3.8, 4) is 0 Å². The van der Waals surface area contributed by atoms with Crippen LogP contribution in [-0.4, -0.2) is 24.4 Å². The number of carbonyl (C=O) groups excluding carboxylic acids is 3. The number of hydrogen-bond acceptors (Lipinski definition) is 3. The summed E-state index contributed by atoms with van der Waals surface area (Å²) in [5, 5.41) is 6.98. The molecular weight excluding hydrogens is 437 g/mol. The van der Waals surface area contributed by atoms with Gasteiger partial charge in [-0.05, 0) is 36.8 Å². The maximum absolute atomic E-state index is 15.0. The number of halogens is 5. The highest BCUT2D eigenvalue weighted by Crippen LogP contribution is 2.49. The number of amides is 4. The van der Waals surface area contributed by atoms with Crippen LogP contribution in [-0.2, 0) is 15.8 Å². The summed E-state index contributed by atoms with van der Waals surface area (Å²) in [4.78, 5) is 36.2. The number of rotatable bonds is 4. The van der Waals surface area contributed by atoms with Gasteiger partial charge in [0, 0.05) is 18.5 Å². The van der Waals surface area contributed by atoms with Gasteiger partial charge in [0.2, 0.25) is 11.8 Å².